The lowest BCUT2D eigenvalue weighted by atomic mass is 9.91. The number of nitriles is 1. The summed E-state index contributed by atoms with van der Waals surface area (Å²) in [7, 11) is 0. The van der Waals surface area contributed by atoms with Crippen molar-refractivity contribution in [2.45, 2.75) is 59.9 Å². The van der Waals surface area contributed by atoms with Gasteiger partial charge >= 0.3 is 5.97 Å². The zero-order chi connectivity index (χ0) is 22.3. The minimum absolute atomic E-state index is 0.103. The van der Waals surface area contributed by atoms with Gasteiger partial charge in [-0.05, 0) is 71.1 Å². The summed E-state index contributed by atoms with van der Waals surface area (Å²) in [5, 5.41) is 10.6. The molecular weight excluding hydrogens is 384 g/mol. The number of hydrogen-bond donors (Lipinski definition) is 0. The first-order valence-corrected chi connectivity index (χ1v) is 10.1. The smallest absolute Gasteiger partial charge is 0.331 e. The molecule has 1 aliphatic heterocycles. The van der Waals surface area contributed by atoms with Crippen molar-refractivity contribution in [1.82, 2.24) is 5.06 Å². The van der Waals surface area contributed by atoms with E-state index < -0.39 is 22.8 Å². The van der Waals surface area contributed by atoms with Gasteiger partial charge in [-0.1, -0.05) is 17.7 Å². The number of rotatable bonds is 7. The lowest BCUT2D eigenvalue weighted by Crippen LogP contribution is -2.44. The average Bonchev–Trinajstić information content (AvgIpc) is 3.44. The van der Waals surface area contributed by atoms with Gasteiger partial charge in [0, 0.05) is 6.61 Å². The van der Waals surface area contributed by atoms with Gasteiger partial charge in [-0.2, -0.15) is 5.26 Å². The van der Waals surface area contributed by atoms with Crippen molar-refractivity contribution in [1.29, 1.82) is 5.26 Å². The molecule has 0 N–H and O–H groups in total. The summed E-state index contributed by atoms with van der Waals surface area (Å²) in [6, 6.07) is 6.02. The molecule has 1 heterocycles. The van der Waals surface area contributed by atoms with Gasteiger partial charge in [0.05, 0.1) is 11.6 Å². The van der Waals surface area contributed by atoms with Crippen molar-refractivity contribution in [2.75, 3.05) is 13.4 Å². The SMILES string of the molecule is CCOCON1C(=O)C(c2c(C)cc(C)cc2C)=C(OC(=O)C2(C#N)CC2)C1(C)C. The van der Waals surface area contributed by atoms with Crippen molar-refractivity contribution in [3.05, 3.63) is 40.1 Å². The van der Waals surface area contributed by atoms with E-state index in [0.717, 1.165) is 16.7 Å². The Bertz CT molecular complexity index is 943. The standard InChI is InChI=1S/C23H28N2O5/c1-7-28-13-29-25-20(26)18(17-15(3)10-14(2)11-16(17)4)19(22(25,5)6)30-21(27)23(12-24)8-9-23/h10-11H,7-9,13H2,1-6H3. The highest BCUT2D eigenvalue weighted by atomic mass is 16.8. The Hall–Kier alpha value is -2.69. The lowest BCUT2D eigenvalue weighted by Gasteiger charge is -2.31. The molecule has 1 aliphatic carbocycles. The van der Waals surface area contributed by atoms with Gasteiger partial charge in [0.15, 0.2) is 12.2 Å². The lowest BCUT2D eigenvalue weighted by molar-refractivity contribution is -0.243. The van der Waals surface area contributed by atoms with Gasteiger partial charge in [0.1, 0.15) is 11.3 Å². The Kier molecular flexibility index (Phi) is 5.76. The summed E-state index contributed by atoms with van der Waals surface area (Å²) < 4.78 is 11.0. The van der Waals surface area contributed by atoms with Crippen LogP contribution in [0.2, 0.25) is 0 Å². The van der Waals surface area contributed by atoms with E-state index in [2.05, 4.69) is 6.07 Å². The average molecular weight is 412 g/mol. The van der Waals surface area contributed by atoms with E-state index in [-0.39, 0.29) is 18.1 Å². The fourth-order valence-corrected chi connectivity index (χ4v) is 3.89. The predicted octanol–water partition coefficient (Wildman–Crippen LogP) is 3.72. The van der Waals surface area contributed by atoms with Crippen LogP contribution in [0.4, 0.5) is 0 Å². The number of carbonyl (C=O) groups is 2. The number of amides is 1. The first kappa shape index (κ1) is 22.0. The van der Waals surface area contributed by atoms with Crippen molar-refractivity contribution in [3.8, 4) is 6.07 Å². The molecule has 7 heteroatoms. The first-order chi connectivity index (χ1) is 14.1. The molecule has 2 aliphatic rings. The fraction of sp³-hybridized carbons (Fsp3) is 0.522. The number of hydroxylamine groups is 2. The molecule has 0 unspecified atom stereocenters. The van der Waals surface area contributed by atoms with Gasteiger partial charge in [-0.25, -0.2) is 14.7 Å². The van der Waals surface area contributed by atoms with Crippen molar-refractivity contribution in [2.24, 2.45) is 5.41 Å². The van der Waals surface area contributed by atoms with Crippen LogP contribution in [0.3, 0.4) is 0 Å². The van der Waals surface area contributed by atoms with Crippen LogP contribution < -0.4 is 0 Å². The molecule has 0 spiro atoms. The van der Waals surface area contributed by atoms with E-state index in [1.54, 1.807) is 13.8 Å². The number of nitrogens with zero attached hydrogens (tertiary/aromatic N) is 2. The van der Waals surface area contributed by atoms with Crippen LogP contribution in [0.25, 0.3) is 5.57 Å². The van der Waals surface area contributed by atoms with E-state index in [9.17, 15) is 14.9 Å². The molecule has 1 aromatic rings. The molecule has 1 saturated carbocycles. The Balaban J connectivity index is 2.12. The van der Waals surface area contributed by atoms with Gasteiger partial charge in [0.25, 0.3) is 5.91 Å². The van der Waals surface area contributed by atoms with Crippen molar-refractivity contribution >= 4 is 17.4 Å². The zero-order valence-corrected chi connectivity index (χ0v) is 18.4. The maximum Gasteiger partial charge on any atom is 0.331 e. The number of hydrogen-bond acceptors (Lipinski definition) is 6. The molecule has 1 fully saturated rings. The van der Waals surface area contributed by atoms with E-state index in [4.69, 9.17) is 14.3 Å². The Morgan fingerprint density at radius 2 is 1.80 bits per heavy atom. The summed E-state index contributed by atoms with van der Waals surface area (Å²) in [5.74, 6) is -0.822. The Morgan fingerprint density at radius 1 is 1.20 bits per heavy atom. The fourth-order valence-electron chi connectivity index (χ4n) is 3.89. The van der Waals surface area contributed by atoms with Crippen molar-refractivity contribution in [3.63, 3.8) is 0 Å². The zero-order valence-electron chi connectivity index (χ0n) is 18.4. The minimum atomic E-state index is -1.12. The summed E-state index contributed by atoms with van der Waals surface area (Å²) in [6.07, 6.45) is 0.929. The Labute approximate surface area is 177 Å². The Morgan fingerprint density at radius 3 is 2.30 bits per heavy atom. The number of aryl methyl sites for hydroxylation is 3. The second-order valence-electron chi connectivity index (χ2n) is 8.46. The van der Waals surface area contributed by atoms with Crippen LogP contribution in [-0.2, 0) is 23.9 Å². The third kappa shape index (κ3) is 3.62. The van der Waals surface area contributed by atoms with E-state index >= 15 is 0 Å². The van der Waals surface area contributed by atoms with Crippen LogP contribution >= 0.6 is 0 Å². The molecule has 30 heavy (non-hydrogen) atoms. The molecule has 0 atom stereocenters. The minimum Gasteiger partial charge on any atom is -0.426 e. The highest BCUT2D eigenvalue weighted by Crippen LogP contribution is 2.49. The maximum absolute atomic E-state index is 13.5. The number of ether oxygens (including phenoxy) is 2. The third-order valence-electron chi connectivity index (χ3n) is 5.63. The van der Waals surface area contributed by atoms with Crippen LogP contribution in [-0.4, -0.2) is 35.9 Å². The first-order valence-electron chi connectivity index (χ1n) is 10.1. The second-order valence-corrected chi connectivity index (χ2v) is 8.46. The molecule has 160 valence electrons. The monoisotopic (exact) mass is 412 g/mol. The molecule has 0 aromatic heterocycles. The quantitative estimate of drug-likeness (QED) is 0.385. The second kappa shape index (κ2) is 7.86. The summed E-state index contributed by atoms with van der Waals surface area (Å²) in [4.78, 5) is 31.9. The molecular formula is C23H28N2O5. The van der Waals surface area contributed by atoms with Crippen LogP contribution in [0.1, 0.15) is 55.9 Å². The summed E-state index contributed by atoms with van der Waals surface area (Å²) in [6.45, 7) is 11.5. The summed E-state index contributed by atoms with van der Waals surface area (Å²) >= 11 is 0. The molecule has 0 radical (unpaired) electrons. The van der Waals surface area contributed by atoms with E-state index in [1.165, 1.54) is 5.06 Å². The van der Waals surface area contributed by atoms with Crippen LogP contribution in [0.5, 0.6) is 0 Å². The maximum atomic E-state index is 13.5. The highest BCUT2D eigenvalue weighted by Gasteiger charge is 2.56. The highest BCUT2D eigenvalue weighted by molar-refractivity contribution is 6.23. The third-order valence-corrected chi connectivity index (χ3v) is 5.63. The van der Waals surface area contributed by atoms with Gasteiger partial charge in [0.2, 0.25) is 0 Å². The molecule has 0 bridgehead atoms. The largest absolute Gasteiger partial charge is 0.426 e. The van der Waals surface area contributed by atoms with Crippen molar-refractivity contribution < 1.29 is 23.9 Å². The van der Waals surface area contributed by atoms with Gasteiger partial charge in [-0.15, -0.1) is 0 Å². The molecule has 0 saturated heterocycles. The topological polar surface area (TPSA) is 88.9 Å². The van der Waals surface area contributed by atoms with Crippen LogP contribution in [0, 0.1) is 37.5 Å². The number of carbonyl (C=O) groups excluding carboxylic acids is 2. The molecule has 7 nitrogen and oxygen atoms in total. The number of benzene rings is 1. The van der Waals surface area contributed by atoms with E-state index in [0.29, 0.717) is 25.0 Å². The van der Waals surface area contributed by atoms with E-state index in [1.807, 2.05) is 39.8 Å². The molecule has 1 amide bonds. The van der Waals surface area contributed by atoms with Crippen LogP contribution in [0.15, 0.2) is 17.9 Å². The summed E-state index contributed by atoms with van der Waals surface area (Å²) in [5.41, 5.74) is 1.69. The number of esters is 1. The van der Waals surface area contributed by atoms with Gasteiger partial charge in [-0.3, -0.25) is 4.79 Å². The van der Waals surface area contributed by atoms with Gasteiger partial charge < -0.3 is 9.47 Å². The molecule has 1 aromatic carbocycles. The molecule has 3 rings (SSSR count). The predicted molar refractivity (Wildman–Crippen MR) is 109 cm³/mol. The normalized spacial score (nSPS) is 19.1.